The van der Waals surface area contributed by atoms with Crippen LogP contribution in [-0.2, 0) is 17.6 Å². The van der Waals surface area contributed by atoms with Gasteiger partial charge in [-0.05, 0) is 30.8 Å². The second kappa shape index (κ2) is 7.23. The number of halogens is 1. The van der Waals surface area contributed by atoms with E-state index < -0.39 is 0 Å². The van der Waals surface area contributed by atoms with Crippen molar-refractivity contribution in [3.05, 3.63) is 27.7 Å². The van der Waals surface area contributed by atoms with Crippen molar-refractivity contribution in [2.24, 2.45) is 0 Å². The minimum Gasteiger partial charge on any atom is -0.493 e. The highest BCUT2D eigenvalue weighted by atomic mass is 79.9. The largest absolute Gasteiger partial charge is 0.493 e. The van der Waals surface area contributed by atoms with Gasteiger partial charge in [0.1, 0.15) is 11.5 Å². The predicted molar refractivity (Wildman–Crippen MR) is 84.5 cm³/mol. The van der Waals surface area contributed by atoms with Gasteiger partial charge in [0.05, 0.1) is 6.61 Å². The Morgan fingerprint density at radius 3 is 2.80 bits per heavy atom. The molecule has 0 saturated heterocycles. The van der Waals surface area contributed by atoms with Crippen LogP contribution in [0.5, 0.6) is 5.75 Å². The Labute approximate surface area is 129 Å². The molecule has 110 valence electrons. The van der Waals surface area contributed by atoms with Gasteiger partial charge >= 0.3 is 0 Å². The summed E-state index contributed by atoms with van der Waals surface area (Å²) in [6.07, 6.45) is 2.03. The normalized spacial score (nSPS) is 13.4. The number of Topliss-reactive ketones (excluding diaryl/α,β-unsaturated/α-hetero) is 1. The Hall–Kier alpha value is -0.870. The summed E-state index contributed by atoms with van der Waals surface area (Å²) in [4.78, 5) is 14.4. The third kappa shape index (κ3) is 3.83. The highest BCUT2D eigenvalue weighted by Gasteiger charge is 2.19. The van der Waals surface area contributed by atoms with Crippen molar-refractivity contribution in [2.45, 2.75) is 33.1 Å². The predicted octanol–water partition coefficient (Wildman–Crippen LogP) is 3.23. The minimum atomic E-state index is 0.285. The molecule has 20 heavy (non-hydrogen) atoms. The molecular weight excluding hydrogens is 318 g/mol. The van der Waals surface area contributed by atoms with E-state index in [1.54, 1.807) is 0 Å². The molecule has 0 spiro atoms. The third-order valence-corrected chi connectivity index (χ3v) is 4.27. The lowest BCUT2D eigenvalue weighted by Crippen LogP contribution is -2.26. The van der Waals surface area contributed by atoms with Crippen LogP contribution in [0.25, 0.3) is 0 Å². The fraction of sp³-hybridized carbons (Fsp3) is 0.562. The SMILES string of the molecule is CCN(CC)CCC(=O)Cc1cc(Br)cc2c1OCC2. The standard InChI is InChI=1S/C16H22BrNO2/c1-3-18(4-2)7-5-15(19)11-13-10-14(17)9-12-6-8-20-16(12)13/h9-10H,3-8,11H2,1-2H3. The van der Waals surface area contributed by atoms with Crippen LogP contribution in [0.4, 0.5) is 0 Å². The van der Waals surface area contributed by atoms with Crippen molar-refractivity contribution in [1.29, 1.82) is 0 Å². The lowest BCUT2D eigenvalue weighted by Gasteiger charge is -2.17. The lowest BCUT2D eigenvalue weighted by molar-refractivity contribution is -0.118. The first-order chi connectivity index (χ1) is 9.63. The Balaban J connectivity index is 1.98. The molecule has 0 unspecified atom stereocenters. The second-order valence-corrected chi connectivity index (χ2v) is 6.06. The molecule has 0 saturated carbocycles. The first-order valence-corrected chi connectivity index (χ1v) is 8.11. The Morgan fingerprint density at radius 2 is 2.10 bits per heavy atom. The van der Waals surface area contributed by atoms with Gasteiger partial charge in [0.25, 0.3) is 0 Å². The number of carbonyl (C=O) groups is 1. The average molecular weight is 340 g/mol. The maximum atomic E-state index is 12.2. The van der Waals surface area contributed by atoms with Gasteiger partial charge in [0, 0.05) is 35.8 Å². The van der Waals surface area contributed by atoms with Crippen LogP contribution in [-0.4, -0.2) is 36.9 Å². The highest BCUT2D eigenvalue weighted by Crippen LogP contribution is 2.33. The maximum Gasteiger partial charge on any atom is 0.138 e. The molecule has 0 bridgehead atoms. The molecule has 4 heteroatoms. The van der Waals surface area contributed by atoms with E-state index in [1.807, 2.05) is 6.07 Å². The summed E-state index contributed by atoms with van der Waals surface area (Å²) in [5.74, 6) is 1.22. The fourth-order valence-corrected chi connectivity index (χ4v) is 3.15. The summed E-state index contributed by atoms with van der Waals surface area (Å²) in [6.45, 7) is 7.83. The Bertz CT molecular complexity index is 484. The van der Waals surface area contributed by atoms with E-state index in [0.29, 0.717) is 12.8 Å². The van der Waals surface area contributed by atoms with Gasteiger partial charge in [0.2, 0.25) is 0 Å². The summed E-state index contributed by atoms with van der Waals surface area (Å²) >= 11 is 3.52. The Kier molecular flexibility index (Phi) is 5.61. The van der Waals surface area contributed by atoms with Gasteiger partial charge in [-0.2, -0.15) is 0 Å². The molecule has 0 fully saturated rings. The van der Waals surface area contributed by atoms with Crippen molar-refractivity contribution >= 4 is 21.7 Å². The van der Waals surface area contributed by atoms with Crippen molar-refractivity contribution in [3.63, 3.8) is 0 Å². The van der Waals surface area contributed by atoms with Crippen LogP contribution in [0, 0.1) is 0 Å². The van der Waals surface area contributed by atoms with Crippen LogP contribution < -0.4 is 4.74 Å². The topological polar surface area (TPSA) is 29.5 Å². The van der Waals surface area contributed by atoms with Crippen LogP contribution in [0.2, 0.25) is 0 Å². The summed E-state index contributed by atoms with van der Waals surface area (Å²) in [6, 6.07) is 4.10. The average Bonchev–Trinajstić information content (AvgIpc) is 2.88. The number of fused-ring (bicyclic) bond motifs is 1. The number of hydrogen-bond donors (Lipinski definition) is 0. The smallest absolute Gasteiger partial charge is 0.138 e. The molecule has 0 N–H and O–H groups in total. The molecule has 1 aromatic carbocycles. The summed E-state index contributed by atoms with van der Waals surface area (Å²) in [7, 11) is 0. The van der Waals surface area contributed by atoms with E-state index in [0.717, 1.165) is 48.4 Å². The van der Waals surface area contributed by atoms with Crippen LogP contribution in [0.15, 0.2) is 16.6 Å². The Morgan fingerprint density at radius 1 is 1.35 bits per heavy atom. The van der Waals surface area contributed by atoms with E-state index in [2.05, 4.69) is 40.7 Å². The summed E-state index contributed by atoms with van der Waals surface area (Å²) in [5.41, 5.74) is 2.24. The first-order valence-electron chi connectivity index (χ1n) is 7.32. The molecule has 1 heterocycles. The molecule has 0 aliphatic carbocycles. The van der Waals surface area contributed by atoms with E-state index in [-0.39, 0.29) is 5.78 Å². The zero-order chi connectivity index (χ0) is 14.5. The number of hydrogen-bond acceptors (Lipinski definition) is 3. The fourth-order valence-electron chi connectivity index (χ4n) is 2.60. The van der Waals surface area contributed by atoms with Gasteiger partial charge in [0.15, 0.2) is 0 Å². The molecule has 0 atom stereocenters. The molecule has 1 aliphatic rings. The zero-order valence-corrected chi connectivity index (χ0v) is 13.8. The quantitative estimate of drug-likeness (QED) is 0.763. The summed E-state index contributed by atoms with van der Waals surface area (Å²) < 4.78 is 6.71. The number of ketones is 1. The van der Waals surface area contributed by atoms with Crippen molar-refractivity contribution < 1.29 is 9.53 Å². The van der Waals surface area contributed by atoms with Crippen LogP contribution in [0.3, 0.4) is 0 Å². The van der Waals surface area contributed by atoms with E-state index >= 15 is 0 Å². The number of nitrogens with zero attached hydrogens (tertiary/aromatic N) is 1. The number of carbonyl (C=O) groups excluding carboxylic acids is 1. The van der Waals surface area contributed by atoms with Crippen molar-refractivity contribution in [1.82, 2.24) is 4.90 Å². The zero-order valence-electron chi connectivity index (χ0n) is 12.2. The number of benzene rings is 1. The third-order valence-electron chi connectivity index (χ3n) is 3.81. The molecule has 1 aliphatic heterocycles. The van der Waals surface area contributed by atoms with E-state index in [9.17, 15) is 4.79 Å². The highest BCUT2D eigenvalue weighted by molar-refractivity contribution is 9.10. The molecule has 0 radical (unpaired) electrons. The summed E-state index contributed by atoms with van der Waals surface area (Å²) in [5, 5.41) is 0. The van der Waals surface area contributed by atoms with Gasteiger partial charge in [-0.3, -0.25) is 4.79 Å². The molecule has 0 amide bonds. The molecular formula is C16H22BrNO2. The molecule has 2 rings (SSSR count). The van der Waals surface area contributed by atoms with Gasteiger partial charge in [-0.15, -0.1) is 0 Å². The number of ether oxygens (including phenoxy) is 1. The van der Waals surface area contributed by atoms with Crippen LogP contribution >= 0.6 is 15.9 Å². The van der Waals surface area contributed by atoms with Crippen molar-refractivity contribution in [3.8, 4) is 5.75 Å². The van der Waals surface area contributed by atoms with Gasteiger partial charge < -0.3 is 9.64 Å². The molecule has 0 aromatic heterocycles. The monoisotopic (exact) mass is 339 g/mol. The van der Waals surface area contributed by atoms with Gasteiger partial charge in [-0.1, -0.05) is 29.8 Å². The lowest BCUT2D eigenvalue weighted by atomic mass is 10.0. The van der Waals surface area contributed by atoms with Gasteiger partial charge in [-0.25, -0.2) is 0 Å². The van der Waals surface area contributed by atoms with Crippen molar-refractivity contribution in [2.75, 3.05) is 26.2 Å². The first kappa shape index (κ1) is 15.5. The second-order valence-electron chi connectivity index (χ2n) is 5.14. The molecule has 3 nitrogen and oxygen atoms in total. The van der Waals surface area contributed by atoms with Crippen LogP contribution in [0.1, 0.15) is 31.4 Å². The number of rotatable bonds is 7. The van der Waals surface area contributed by atoms with E-state index in [4.69, 9.17) is 4.74 Å². The van der Waals surface area contributed by atoms with E-state index in [1.165, 1.54) is 5.56 Å². The minimum absolute atomic E-state index is 0.285. The molecule has 1 aromatic rings. The maximum absolute atomic E-state index is 12.2.